The maximum Gasteiger partial charge on any atom is 0.330 e. The fraction of sp³-hybridized carbons (Fsp3) is 0.667. The first kappa shape index (κ1) is 24.0. The molecular weight excluding hydrogens is 388 g/mol. The second-order valence-electron chi connectivity index (χ2n) is 7.73. The zero-order valence-electron chi connectivity index (χ0n) is 17.6. The highest BCUT2D eigenvalue weighted by atomic mass is 16.5. The number of aromatic nitrogens is 2. The molecule has 0 radical (unpaired) electrons. The molecule has 1 aliphatic rings. The van der Waals surface area contributed by atoms with Crippen molar-refractivity contribution in [1.29, 1.82) is 0 Å². The number of amides is 1. The van der Waals surface area contributed by atoms with Gasteiger partial charge in [0.2, 0.25) is 5.91 Å². The highest BCUT2D eigenvalue weighted by Crippen LogP contribution is 2.19. The summed E-state index contributed by atoms with van der Waals surface area (Å²) in [5.41, 5.74) is 5.01. The van der Waals surface area contributed by atoms with E-state index in [-0.39, 0.29) is 30.5 Å². The van der Waals surface area contributed by atoms with Gasteiger partial charge in [-0.05, 0) is 25.3 Å². The van der Waals surface area contributed by atoms with Crippen molar-refractivity contribution in [2.45, 2.75) is 76.7 Å². The fourth-order valence-corrected chi connectivity index (χ4v) is 3.38. The average Bonchev–Trinajstić information content (AvgIpc) is 3.20. The maximum absolute atomic E-state index is 12.2. The van der Waals surface area contributed by atoms with Crippen LogP contribution >= 0.6 is 0 Å². The Bertz CT molecular complexity index is 816. The minimum absolute atomic E-state index is 0.128. The Morgan fingerprint density at radius 3 is 2.73 bits per heavy atom. The molecule has 0 aliphatic carbocycles. The minimum Gasteiger partial charge on any atom is -0.393 e. The van der Waals surface area contributed by atoms with Crippen LogP contribution in [0.3, 0.4) is 0 Å². The Morgan fingerprint density at radius 2 is 2.03 bits per heavy atom. The van der Waals surface area contributed by atoms with Crippen LogP contribution in [-0.2, 0) is 16.0 Å². The van der Waals surface area contributed by atoms with Crippen molar-refractivity contribution in [3.63, 3.8) is 0 Å². The van der Waals surface area contributed by atoms with E-state index in [1.165, 1.54) is 10.8 Å². The number of hydrogen-bond acceptors (Lipinski definition) is 6. The second-order valence-corrected chi connectivity index (χ2v) is 7.73. The summed E-state index contributed by atoms with van der Waals surface area (Å²) in [6.07, 6.45) is 10.5. The zero-order chi connectivity index (χ0) is 21.9. The number of aliphatic hydroxyl groups excluding tert-OH is 1. The molecule has 1 aromatic heterocycles. The van der Waals surface area contributed by atoms with Gasteiger partial charge in [0.15, 0.2) is 6.23 Å². The molecule has 0 aromatic carbocycles. The fourth-order valence-electron chi connectivity index (χ4n) is 3.38. The lowest BCUT2D eigenvalue weighted by Gasteiger charge is -2.15. The number of aromatic amines is 1. The molecule has 0 fully saturated rings. The van der Waals surface area contributed by atoms with Gasteiger partial charge in [-0.1, -0.05) is 38.7 Å². The Kier molecular flexibility index (Phi) is 9.99. The monoisotopic (exact) mass is 422 g/mol. The summed E-state index contributed by atoms with van der Waals surface area (Å²) in [5, 5.41) is 11.9. The highest BCUT2D eigenvalue weighted by Gasteiger charge is 2.22. The number of aliphatic hydroxyl groups is 1. The molecule has 0 bridgehead atoms. The molecule has 30 heavy (non-hydrogen) atoms. The first-order valence-corrected chi connectivity index (χ1v) is 10.8. The lowest BCUT2D eigenvalue weighted by atomic mass is 10.0. The van der Waals surface area contributed by atoms with Crippen molar-refractivity contribution in [2.75, 3.05) is 13.2 Å². The van der Waals surface area contributed by atoms with Gasteiger partial charge in [0.1, 0.15) is 6.10 Å². The number of rotatable bonds is 13. The number of nitrogens with zero attached hydrogens (tertiary/aromatic N) is 1. The average molecular weight is 423 g/mol. The normalized spacial score (nSPS) is 19.2. The third-order valence-corrected chi connectivity index (χ3v) is 5.15. The first-order valence-electron chi connectivity index (χ1n) is 10.8. The third kappa shape index (κ3) is 7.55. The highest BCUT2D eigenvalue weighted by molar-refractivity contribution is 5.78. The molecular formula is C21H34N4O5. The Hall–Kier alpha value is -2.23. The van der Waals surface area contributed by atoms with Crippen LogP contribution in [0.25, 0.3) is 0 Å². The van der Waals surface area contributed by atoms with E-state index < -0.39 is 23.6 Å². The van der Waals surface area contributed by atoms with Crippen LogP contribution in [0.1, 0.15) is 63.7 Å². The number of unbranched alkanes of at least 4 members (excludes halogenated alkanes) is 3. The van der Waals surface area contributed by atoms with Crippen LogP contribution in [0, 0.1) is 0 Å². The number of hydrogen-bond donors (Lipinski definition) is 4. The minimum atomic E-state index is -0.725. The van der Waals surface area contributed by atoms with Crippen molar-refractivity contribution in [3.8, 4) is 0 Å². The molecule has 3 unspecified atom stereocenters. The van der Waals surface area contributed by atoms with E-state index in [4.69, 9.17) is 15.6 Å². The van der Waals surface area contributed by atoms with Crippen molar-refractivity contribution < 1.29 is 14.6 Å². The van der Waals surface area contributed by atoms with Crippen LogP contribution < -0.4 is 22.3 Å². The molecule has 0 saturated heterocycles. The summed E-state index contributed by atoms with van der Waals surface area (Å²) >= 11 is 0. The van der Waals surface area contributed by atoms with Crippen LogP contribution in [0.2, 0.25) is 0 Å². The number of H-pyrrole nitrogens is 1. The van der Waals surface area contributed by atoms with E-state index in [1.54, 1.807) is 12.2 Å². The van der Waals surface area contributed by atoms with E-state index >= 15 is 0 Å². The molecule has 0 spiro atoms. The predicted molar refractivity (Wildman–Crippen MR) is 114 cm³/mol. The molecule has 9 nitrogen and oxygen atoms in total. The molecule has 168 valence electrons. The van der Waals surface area contributed by atoms with E-state index in [2.05, 4.69) is 17.2 Å². The summed E-state index contributed by atoms with van der Waals surface area (Å²) in [4.78, 5) is 38.5. The van der Waals surface area contributed by atoms with Gasteiger partial charge < -0.3 is 20.9 Å². The van der Waals surface area contributed by atoms with Gasteiger partial charge in [-0.3, -0.25) is 19.1 Å². The molecule has 1 amide bonds. The number of ether oxygens (including phenoxy) is 1. The van der Waals surface area contributed by atoms with Gasteiger partial charge in [0.25, 0.3) is 5.56 Å². The van der Waals surface area contributed by atoms with Crippen LogP contribution in [0.4, 0.5) is 0 Å². The molecule has 0 saturated carbocycles. The number of nitrogens with one attached hydrogen (secondary N) is 2. The standard InChI is InChI=1S/C21H34N4O5/c1-2-3-7-16(22)8-5-4-6-11-23-18(27)12-15-13-25(21(29)24-20(15)28)19-10-9-17(14-26)30-19/h9-10,13,16-17,19,26H,2-8,11-12,14,22H2,1H3,(H,23,27)(H,24,28,29). The Morgan fingerprint density at radius 1 is 1.27 bits per heavy atom. The van der Waals surface area contributed by atoms with Gasteiger partial charge in [-0.25, -0.2) is 4.79 Å². The van der Waals surface area contributed by atoms with Crippen LogP contribution in [-0.4, -0.2) is 45.9 Å². The molecule has 9 heteroatoms. The van der Waals surface area contributed by atoms with Crippen molar-refractivity contribution in [2.24, 2.45) is 5.73 Å². The maximum atomic E-state index is 12.2. The van der Waals surface area contributed by atoms with Gasteiger partial charge >= 0.3 is 5.69 Å². The SMILES string of the molecule is CCCCC(N)CCCCCNC(=O)Cc1cn(C2C=CC(CO)O2)c(=O)[nH]c1=O. The van der Waals surface area contributed by atoms with E-state index in [9.17, 15) is 14.4 Å². The molecule has 1 aliphatic heterocycles. The van der Waals surface area contributed by atoms with Crippen LogP contribution in [0.15, 0.2) is 27.9 Å². The van der Waals surface area contributed by atoms with Gasteiger partial charge in [-0.15, -0.1) is 0 Å². The second kappa shape index (κ2) is 12.5. The van der Waals surface area contributed by atoms with Crippen LogP contribution in [0.5, 0.6) is 0 Å². The third-order valence-electron chi connectivity index (χ3n) is 5.15. The first-order chi connectivity index (χ1) is 14.4. The molecule has 2 heterocycles. The smallest absolute Gasteiger partial charge is 0.330 e. The Balaban J connectivity index is 1.77. The van der Waals surface area contributed by atoms with E-state index in [0.717, 1.165) is 44.9 Å². The number of nitrogens with two attached hydrogens (primary N) is 1. The summed E-state index contributed by atoms with van der Waals surface area (Å²) < 4.78 is 6.69. The number of carbonyl (C=O) groups excluding carboxylic acids is 1. The summed E-state index contributed by atoms with van der Waals surface area (Å²) in [6.45, 7) is 2.49. The quantitative estimate of drug-likeness (QED) is 0.273. The topological polar surface area (TPSA) is 139 Å². The van der Waals surface area contributed by atoms with Crippen molar-refractivity contribution in [3.05, 3.63) is 44.8 Å². The molecule has 1 aromatic rings. The molecule has 3 atom stereocenters. The lowest BCUT2D eigenvalue weighted by molar-refractivity contribution is -0.120. The number of carbonyl (C=O) groups is 1. The van der Waals surface area contributed by atoms with Crippen molar-refractivity contribution in [1.82, 2.24) is 14.9 Å². The van der Waals surface area contributed by atoms with E-state index in [1.807, 2.05) is 0 Å². The zero-order valence-corrected chi connectivity index (χ0v) is 17.6. The molecule has 5 N–H and O–H groups in total. The summed E-state index contributed by atoms with van der Waals surface area (Å²) in [6, 6.07) is 0.258. The lowest BCUT2D eigenvalue weighted by Crippen LogP contribution is -2.36. The largest absolute Gasteiger partial charge is 0.393 e. The van der Waals surface area contributed by atoms with Gasteiger partial charge in [0, 0.05) is 24.3 Å². The predicted octanol–water partition coefficient (Wildman–Crippen LogP) is 0.719. The van der Waals surface area contributed by atoms with E-state index in [0.29, 0.717) is 6.54 Å². The van der Waals surface area contributed by atoms with Crippen molar-refractivity contribution >= 4 is 5.91 Å². The molecule has 2 rings (SSSR count). The summed E-state index contributed by atoms with van der Waals surface area (Å²) in [7, 11) is 0. The Labute approximate surface area is 176 Å². The van der Waals surface area contributed by atoms with Gasteiger partial charge in [-0.2, -0.15) is 0 Å². The summed E-state index contributed by atoms with van der Waals surface area (Å²) in [5.74, 6) is -0.276. The van der Waals surface area contributed by atoms with Gasteiger partial charge in [0.05, 0.1) is 13.0 Å².